The fraction of sp³-hybridized carbons (Fsp3) is 0.600. The van der Waals surface area contributed by atoms with Crippen molar-refractivity contribution < 1.29 is 19.1 Å². The first-order valence-corrected chi connectivity index (χ1v) is 7.68. The number of hydrogen-bond acceptors (Lipinski definition) is 6. The van der Waals surface area contributed by atoms with Crippen LogP contribution in [0, 0.1) is 6.92 Å². The molecule has 0 aromatic carbocycles. The van der Waals surface area contributed by atoms with E-state index in [9.17, 15) is 9.59 Å². The van der Waals surface area contributed by atoms with Gasteiger partial charge in [-0.15, -0.1) is 0 Å². The van der Waals surface area contributed by atoms with E-state index >= 15 is 0 Å². The number of rotatable bonds is 4. The summed E-state index contributed by atoms with van der Waals surface area (Å²) in [6, 6.07) is 1.58. The van der Waals surface area contributed by atoms with Crippen molar-refractivity contribution in [2.24, 2.45) is 0 Å². The number of carbonyl (C=O) groups excluding carboxylic acids is 2. The summed E-state index contributed by atoms with van der Waals surface area (Å²) in [5.41, 5.74) is 0.760. The van der Waals surface area contributed by atoms with E-state index in [4.69, 9.17) is 9.47 Å². The zero-order chi connectivity index (χ0) is 16.4. The zero-order valence-corrected chi connectivity index (χ0v) is 13.3. The molecule has 0 N–H and O–H groups in total. The fourth-order valence-electron chi connectivity index (χ4n) is 3.00. The lowest BCUT2D eigenvalue weighted by atomic mass is 10.2. The third-order valence-corrected chi connectivity index (χ3v) is 4.03. The van der Waals surface area contributed by atoms with Crippen molar-refractivity contribution in [2.75, 3.05) is 38.3 Å². The van der Waals surface area contributed by atoms with E-state index in [0.717, 1.165) is 18.5 Å². The minimum atomic E-state index is -0.396. The Balaban J connectivity index is 1.88. The van der Waals surface area contributed by atoms with Crippen LogP contribution in [0.2, 0.25) is 0 Å². The second kappa shape index (κ2) is 6.49. The predicted octanol–water partition coefficient (Wildman–Crippen LogP) is 1.05. The topological polar surface area (TPSA) is 84.9 Å². The summed E-state index contributed by atoms with van der Waals surface area (Å²) in [5, 5.41) is 0. The molecule has 0 unspecified atom stereocenters. The number of aryl methyl sites for hydroxylation is 1. The highest BCUT2D eigenvalue weighted by Gasteiger charge is 2.33. The summed E-state index contributed by atoms with van der Waals surface area (Å²) < 4.78 is 9.90. The molecule has 0 radical (unpaired) electrons. The summed E-state index contributed by atoms with van der Waals surface area (Å²) in [5.74, 6) is 1.03. The number of cyclic esters (lactones) is 1. The Morgan fingerprint density at radius 1 is 1.43 bits per heavy atom. The molecule has 8 nitrogen and oxygen atoms in total. The summed E-state index contributed by atoms with van der Waals surface area (Å²) in [4.78, 5) is 36.2. The fourth-order valence-corrected chi connectivity index (χ4v) is 3.00. The van der Waals surface area contributed by atoms with E-state index in [2.05, 4.69) is 9.97 Å². The standard InChI is InChI=1S/C15H20N4O4/c1-10-8-12(19-6-7-23-15(19)21)17-14(16-10)11-4-3-5-18(11)13(20)9-22-2/h8,11H,3-7,9H2,1-2H3/t11-/m0/s1. The highest BCUT2D eigenvalue weighted by molar-refractivity contribution is 5.88. The molecule has 0 saturated carbocycles. The van der Waals surface area contributed by atoms with Crippen LogP contribution in [0.15, 0.2) is 6.07 Å². The van der Waals surface area contributed by atoms with Crippen molar-refractivity contribution in [1.82, 2.24) is 14.9 Å². The van der Waals surface area contributed by atoms with E-state index in [1.807, 2.05) is 6.92 Å². The van der Waals surface area contributed by atoms with Gasteiger partial charge in [0.15, 0.2) is 5.82 Å². The molecule has 23 heavy (non-hydrogen) atoms. The largest absolute Gasteiger partial charge is 0.447 e. The molecular formula is C15H20N4O4. The lowest BCUT2D eigenvalue weighted by molar-refractivity contribution is -0.136. The van der Waals surface area contributed by atoms with Gasteiger partial charge in [-0.2, -0.15) is 0 Å². The number of ether oxygens (including phenoxy) is 2. The van der Waals surface area contributed by atoms with Gasteiger partial charge in [0, 0.05) is 25.4 Å². The Hall–Kier alpha value is -2.22. The van der Waals surface area contributed by atoms with Crippen molar-refractivity contribution in [3.63, 3.8) is 0 Å². The van der Waals surface area contributed by atoms with Crippen LogP contribution in [-0.4, -0.2) is 60.3 Å². The van der Waals surface area contributed by atoms with E-state index in [1.165, 1.54) is 12.0 Å². The van der Waals surface area contributed by atoms with Gasteiger partial charge >= 0.3 is 6.09 Å². The molecule has 1 aromatic rings. The second-order valence-corrected chi connectivity index (χ2v) is 5.67. The molecule has 2 saturated heterocycles. The molecule has 2 aliphatic heterocycles. The van der Waals surface area contributed by atoms with E-state index in [-0.39, 0.29) is 18.6 Å². The minimum Gasteiger partial charge on any atom is -0.447 e. The van der Waals surface area contributed by atoms with Crippen molar-refractivity contribution >= 4 is 17.8 Å². The highest BCUT2D eigenvalue weighted by Crippen LogP contribution is 2.31. The third kappa shape index (κ3) is 3.12. The Bertz CT molecular complexity index is 621. The molecule has 1 aromatic heterocycles. The third-order valence-electron chi connectivity index (χ3n) is 4.03. The molecule has 2 aliphatic rings. The maximum atomic E-state index is 12.2. The number of amides is 2. The first kappa shape index (κ1) is 15.7. The minimum absolute atomic E-state index is 0.0492. The van der Waals surface area contributed by atoms with Crippen LogP contribution in [0.1, 0.15) is 30.4 Å². The Morgan fingerprint density at radius 2 is 2.26 bits per heavy atom. The molecule has 124 valence electrons. The molecule has 8 heteroatoms. The monoisotopic (exact) mass is 320 g/mol. The lowest BCUT2D eigenvalue weighted by Gasteiger charge is -2.24. The first-order chi connectivity index (χ1) is 11.1. The zero-order valence-electron chi connectivity index (χ0n) is 13.3. The Labute approximate surface area is 134 Å². The summed E-state index contributed by atoms with van der Waals surface area (Å²) in [7, 11) is 1.50. The quantitative estimate of drug-likeness (QED) is 0.824. The van der Waals surface area contributed by atoms with Crippen molar-refractivity contribution in [3.05, 3.63) is 17.6 Å². The van der Waals surface area contributed by atoms with Crippen LogP contribution in [0.3, 0.4) is 0 Å². The van der Waals surface area contributed by atoms with Crippen molar-refractivity contribution in [3.8, 4) is 0 Å². The molecule has 1 atom stereocenters. The summed E-state index contributed by atoms with van der Waals surface area (Å²) in [6.07, 6.45) is 1.31. The molecule has 2 fully saturated rings. The number of carbonyl (C=O) groups is 2. The summed E-state index contributed by atoms with van der Waals surface area (Å²) in [6.45, 7) is 3.41. The number of aromatic nitrogens is 2. The Morgan fingerprint density at radius 3 is 2.96 bits per heavy atom. The van der Waals surface area contributed by atoms with Crippen LogP contribution >= 0.6 is 0 Å². The Kier molecular flexibility index (Phi) is 4.42. The van der Waals surface area contributed by atoms with Gasteiger partial charge in [-0.1, -0.05) is 0 Å². The van der Waals surface area contributed by atoms with Gasteiger partial charge in [0.25, 0.3) is 0 Å². The molecule has 0 spiro atoms. The van der Waals surface area contributed by atoms with E-state index in [1.54, 1.807) is 11.0 Å². The summed E-state index contributed by atoms with van der Waals surface area (Å²) >= 11 is 0. The van der Waals surface area contributed by atoms with Gasteiger partial charge in [-0.25, -0.2) is 14.8 Å². The smallest absolute Gasteiger partial charge is 0.415 e. The molecule has 0 aliphatic carbocycles. The van der Waals surface area contributed by atoms with E-state index < -0.39 is 6.09 Å². The van der Waals surface area contributed by atoms with Crippen LogP contribution in [-0.2, 0) is 14.3 Å². The predicted molar refractivity (Wildman–Crippen MR) is 81.0 cm³/mol. The molecule has 3 heterocycles. The average molecular weight is 320 g/mol. The van der Waals surface area contributed by atoms with Crippen LogP contribution in [0.25, 0.3) is 0 Å². The van der Waals surface area contributed by atoms with E-state index in [0.29, 0.717) is 31.3 Å². The van der Waals surface area contributed by atoms with Gasteiger partial charge in [-0.05, 0) is 19.8 Å². The lowest BCUT2D eigenvalue weighted by Crippen LogP contribution is -2.34. The second-order valence-electron chi connectivity index (χ2n) is 5.67. The SMILES string of the molecule is COCC(=O)N1CCC[C@H]1c1nc(C)cc(N2CCOC2=O)n1. The van der Waals surface area contributed by atoms with Crippen LogP contribution < -0.4 is 4.90 Å². The van der Waals surface area contributed by atoms with Crippen molar-refractivity contribution in [1.29, 1.82) is 0 Å². The number of likely N-dealkylation sites (tertiary alicyclic amines) is 1. The first-order valence-electron chi connectivity index (χ1n) is 7.68. The number of anilines is 1. The number of nitrogens with zero attached hydrogens (tertiary/aromatic N) is 4. The molecular weight excluding hydrogens is 300 g/mol. The maximum absolute atomic E-state index is 12.2. The number of hydrogen-bond donors (Lipinski definition) is 0. The van der Waals surface area contributed by atoms with Crippen LogP contribution in [0.5, 0.6) is 0 Å². The van der Waals surface area contributed by atoms with Crippen LogP contribution in [0.4, 0.5) is 10.6 Å². The van der Waals surface area contributed by atoms with Gasteiger partial charge in [0.1, 0.15) is 19.0 Å². The van der Waals surface area contributed by atoms with Gasteiger partial charge < -0.3 is 14.4 Å². The van der Waals surface area contributed by atoms with Gasteiger partial charge in [0.2, 0.25) is 5.91 Å². The molecule has 3 rings (SSSR count). The highest BCUT2D eigenvalue weighted by atomic mass is 16.6. The number of methoxy groups -OCH3 is 1. The van der Waals surface area contributed by atoms with Gasteiger partial charge in [-0.3, -0.25) is 9.69 Å². The molecule has 0 bridgehead atoms. The van der Waals surface area contributed by atoms with Gasteiger partial charge in [0.05, 0.1) is 12.6 Å². The van der Waals surface area contributed by atoms with Crippen molar-refractivity contribution in [2.45, 2.75) is 25.8 Å². The molecule has 2 amide bonds. The normalized spacial score (nSPS) is 21.0. The maximum Gasteiger partial charge on any atom is 0.415 e. The average Bonchev–Trinajstić information content (AvgIpc) is 3.15.